The topological polar surface area (TPSA) is 189 Å². The first-order chi connectivity index (χ1) is 21.3. The van der Waals surface area contributed by atoms with Crippen LogP contribution >= 0.6 is 0 Å². The molecule has 1 saturated heterocycles. The second-order valence-corrected chi connectivity index (χ2v) is 11.6. The number of aliphatic carboxylic acids is 1. The van der Waals surface area contributed by atoms with E-state index in [0.29, 0.717) is 30.9 Å². The number of hydrogen-bond acceptors (Lipinski definition) is 12. The van der Waals surface area contributed by atoms with Crippen LogP contribution in [0.25, 0.3) is 0 Å². The summed E-state index contributed by atoms with van der Waals surface area (Å²) in [5, 5.41) is 41.2. The summed E-state index contributed by atoms with van der Waals surface area (Å²) in [6.07, 6.45) is -1.25. The number of nitrogens with zero attached hydrogens (tertiary/aromatic N) is 1. The number of rotatable bonds is 7. The molecule has 2 aromatic rings. The molecule has 6 rings (SSSR count). The Kier molecular flexibility index (Phi) is 8.62. The van der Waals surface area contributed by atoms with Crippen LogP contribution in [0, 0.1) is 0 Å². The number of aliphatic hydroxyl groups excluding tert-OH is 1. The number of piperidine rings is 1. The van der Waals surface area contributed by atoms with Gasteiger partial charge in [0.05, 0.1) is 17.4 Å². The van der Waals surface area contributed by atoms with Crippen molar-refractivity contribution in [3.8, 4) is 17.2 Å². The van der Waals surface area contributed by atoms with Crippen LogP contribution in [-0.4, -0.2) is 92.8 Å². The quantitative estimate of drug-likeness (QED) is 0.257. The van der Waals surface area contributed by atoms with Gasteiger partial charge in [0, 0.05) is 24.9 Å². The lowest BCUT2D eigenvalue weighted by Gasteiger charge is -2.61. The fraction of sp³-hybridized carbons (Fsp3) is 0.438. The van der Waals surface area contributed by atoms with Crippen LogP contribution in [0.1, 0.15) is 44.2 Å². The molecule has 2 aliphatic carbocycles. The van der Waals surface area contributed by atoms with Crippen molar-refractivity contribution in [2.75, 3.05) is 13.6 Å². The minimum Gasteiger partial charge on any atom is -0.504 e. The van der Waals surface area contributed by atoms with Crippen LogP contribution in [0.2, 0.25) is 0 Å². The Morgan fingerprint density at radius 2 is 1.82 bits per heavy atom. The van der Waals surface area contributed by atoms with E-state index in [1.165, 1.54) is 13.8 Å². The number of benzene rings is 2. The molecule has 4 N–H and O–H groups in total. The maximum absolute atomic E-state index is 12.8. The second kappa shape index (κ2) is 12.1. The van der Waals surface area contributed by atoms with Gasteiger partial charge in [0.1, 0.15) is 11.5 Å². The summed E-state index contributed by atoms with van der Waals surface area (Å²) in [5.74, 6) is -2.78. The van der Waals surface area contributed by atoms with Crippen molar-refractivity contribution >= 4 is 23.9 Å². The molecule has 0 saturated carbocycles. The molecule has 2 aliphatic heterocycles. The highest BCUT2D eigenvalue weighted by atomic mass is 16.6. The average Bonchev–Trinajstić information content (AvgIpc) is 3.34. The van der Waals surface area contributed by atoms with Crippen LogP contribution in [0.15, 0.2) is 54.3 Å². The molecule has 1 spiro atoms. The van der Waals surface area contributed by atoms with Crippen LogP contribution in [0.5, 0.6) is 17.2 Å². The summed E-state index contributed by atoms with van der Waals surface area (Å²) in [4.78, 5) is 47.2. The number of aliphatic hydroxyl groups is 2. The molecule has 2 aromatic carbocycles. The lowest BCUT2D eigenvalue weighted by Crippen LogP contribution is -2.74. The molecule has 240 valence electrons. The minimum absolute atomic E-state index is 0.0355. The van der Waals surface area contributed by atoms with Gasteiger partial charge in [-0.05, 0) is 63.2 Å². The number of ether oxygens (including phenoxy) is 4. The van der Waals surface area contributed by atoms with E-state index < -0.39 is 59.6 Å². The summed E-state index contributed by atoms with van der Waals surface area (Å²) < 4.78 is 21.2. The molecule has 2 bridgehead atoms. The first kappa shape index (κ1) is 31.9. The zero-order valence-corrected chi connectivity index (χ0v) is 25.0. The van der Waals surface area contributed by atoms with Crippen molar-refractivity contribution in [3.63, 3.8) is 0 Å². The number of phenols is 1. The van der Waals surface area contributed by atoms with E-state index in [9.17, 15) is 34.5 Å². The molecular weight excluding hydrogens is 590 g/mol. The van der Waals surface area contributed by atoms with Gasteiger partial charge in [-0.2, -0.15) is 0 Å². The third-order valence-electron chi connectivity index (χ3n) is 8.87. The number of likely N-dealkylation sites (tertiary alicyclic amines) is 1. The number of aromatic hydroxyl groups is 1. The van der Waals surface area contributed by atoms with Crippen molar-refractivity contribution in [2.24, 2.45) is 0 Å². The smallest absolute Gasteiger partial charge is 0.344 e. The minimum atomic E-state index is -1.75. The van der Waals surface area contributed by atoms with Crippen molar-refractivity contribution < 1.29 is 58.6 Å². The molecule has 13 nitrogen and oxygen atoms in total. The van der Waals surface area contributed by atoms with Gasteiger partial charge in [-0.3, -0.25) is 9.59 Å². The lowest BCUT2D eigenvalue weighted by atomic mass is 9.50. The number of hydrogen-bond donors (Lipinski definition) is 4. The molecule has 4 aliphatic rings. The third kappa shape index (κ3) is 5.62. The van der Waals surface area contributed by atoms with Crippen molar-refractivity contribution in [2.45, 2.75) is 74.9 Å². The van der Waals surface area contributed by atoms with E-state index in [1.807, 2.05) is 13.1 Å². The Hall–Kier alpha value is -4.46. The van der Waals surface area contributed by atoms with Crippen LogP contribution in [0.3, 0.4) is 0 Å². The van der Waals surface area contributed by atoms with Crippen molar-refractivity contribution in [3.05, 3.63) is 65.4 Å². The summed E-state index contributed by atoms with van der Waals surface area (Å²) in [6, 6.07) is 11.6. The van der Waals surface area contributed by atoms with Crippen LogP contribution < -0.4 is 9.47 Å². The predicted molar refractivity (Wildman–Crippen MR) is 154 cm³/mol. The number of para-hydroxylation sites is 1. The Morgan fingerprint density at radius 3 is 2.47 bits per heavy atom. The average molecular weight is 626 g/mol. The largest absolute Gasteiger partial charge is 0.504 e. The first-order valence-electron chi connectivity index (χ1n) is 14.5. The molecule has 0 aromatic heterocycles. The number of carboxylic acids is 1. The van der Waals surface area contributed by atoms with E-state index in [2.05, 4.69) is 9.64 Å². The fourth-order valence-electron chi connectivity index (χ4n) is 6.82. The summed E-state index contributed by atoms with van der Waals surface area (Å²) in [5.41, 5.74) is -0.339. The number of likely N-dealkylation sites (N-methyl/N-ethyl adjacent to an activating group) is 1. The highest BCUT2D eigenvalue weighted by Gasteiger charge is 2.72. The molecule has 13 heteroatoms. The van der Waals surface area contributed by atoms with E-state index >= 15 is 0 Å². The maximum Gasteiger partial charge on any atom is 0.344 e. The van der Waals surface area contributed by atoms with Crippen molar-refractivity contribution in [1.29, 1.82) is 0 Å². The zero-order valence-electron chi connectivity index (χ0n) is 25.0. The molecule has 2 unspecified atom stereocenters. The van der Waals surface area contributed by atoms with E-state index in [-0.39, 0.29) is 24.0 Å². The molecule has 2 heterocycles. The van der Waals surface area contributed by atoms with Crippen LogP contribution in [-0.2, 0) is 40.5 Å². The first-order valence-corrected chi connectivity index (χ1v) is 14.5. The normalized spacial score (nSPS) is 26.8. The van der Waals surface area contributed by atoms with Gasteiger partial charge < -0.3 is 44.3 Å². The van der Waals surface area contributed by atoms with Crippen LogP contribution in [0.4, 0.5) is 0 Å². The highest BCUT2D eigenvalue weighted by Crippen LogP contribution is 2.65. The highest BCUT2D eigenvalue weighted by molar-refractivity contribution is 5.83. The number of esters is 3. The van der Waals surface area contributed by atoms with Gasteiger partial charge in [-0.25, -0.2) is 9.59 Å². The van der Waals surface area contributed by atoms with Gasteiger partial charge in [0.25, 0.3) is 0 Å². The van der Waals surface area contributed by atoms with Gasteiger partial charge >= 0.3 is 23.9 Å². The number of carboxylic acid groups (broad SMARTS) is 1. The van der Waals surface area contributed by atoms with E-state index in [4.69, 9.17) is 19.3 Å². The van der Waals surface area contributed by atoms with Crippen molar-refractivity contribution in [1.82, 2.24) is 4.90 Å². The molecule has 0 amide bonds. The standard InChI is InChI=1S/C27H27NO8.C5H8O4/c1-28-12-11-26-22-15-7-8-17(29)23(22)36-24(26)19(9-10-27(26,33)20(28)13-15)35-25(32)18(30)14-21(31)34-16-5-3-2-4-6-16;1-3(5(7)8)9-4(2)6/h2-9,18,20,24,29-30,33H,10-14H2,1H3;3H,1-2H3,(H,7,8)/t18?,20-,24+,26+,27-;/m1./s1. The Balaban J connectivity index is 0.000000390. The van der Waals surface area contributed by atoms with Gasteiger partial charge in [0.2, 0.25) is 0 Å². The monoisotopic (exact) mass is 625 g/mol. The number of phenolic OH excluding ortho intramolecular Hbond substituents is 1. The molecule has 6 atom stereocenters. The Bertz CT molecular complexity index is 1540. The molecule has 45 heavy (non-hydrogen) atoms. The fourth-order valence-corrected chi connectivity index (χ4v) is 6.82. The summed E-state index contributed by atoms with van der Waals surface area (Å²) in [6.45, 7) is 3.15. The predicted octanol–water partition coefficient (Wildman–Crippen LogP) is 1.59. The SMILES string of the molecule is CC(=O)OC(C)C(=O)O.CN1CC[C@]23c4c5ccc(O)c4O[C@H]2C(OC(=O)C(O)CC(=O)Oc2ccccc2)=CC[C@@]3(O)[C@H]1C5. The second-order valence-electron chi connectivity index (χ2n) is 11.6. The number of carbonyl (C=O) groups is 4. The third-order valence-corrected chi connectivity index (χ3v) is 8.87. The Labute approximate surface area is 258 Å². The zero-order chi connectivity index (χ0) is 32.7. The van der Waals surface area contributed by atoms with Gasteiger partial charge in [-0.1, -0.05) is 24.3 Å². The maximum atomic E-state index is 12.8. The molecule has 1 fully saturated rings. The lowest BCUT2D eigenvalue weighted by molar-refractivity contribution is -0.172. The Morgan fingerprint density at radius 1 is 1.11 bits per heavy atom. The number of carbonyl (C=O) groups excluding carboxylic acids is 3. The summed E-state index contributed by atoms with van der Waals surface area (Å²) in [7, 11) is 1.98. The van der Waals surface area contributed by atoms with Gasteiger partial charge in [0.15, 0.2) is 29.8 Å². The van der Waals surface area contributed by atoms with E-state index in [0.717, 1.165) is 11.1 Å². The molecule has 0 radical (unpaired) electrons. The van der Waals surface area contributed by atoms with Gasteiger partial charge in [-0.15, -0.1) is 0 Å². The van der Waals surface area contributed by atoms with E-state index in [1.54, 1.807) is 42.5 Å². The summed E-state index contributed by atoms with van der Waals surface area (Å²) >= 11 is 0. The molecular formula is C32H35NO12.